The average molecular weight is 367 g/mol. The van der Waals surface area contributed by atoms with Crippen LogP contribution in [0.3, 0.4) is 0 Å². The van der Waals surface area contributed by atoms with Gasteiger partial charge >= 0.3 is 11.7 Å². The molecule has 2 aromatic heterocycles. The van der Waals surface area contributed by atoms with E-state index in [0.717, 1.165) is 4.57 Å². The molecule has 0 aliphatic carbocycles. The van der Waals surface area contributed by atoms with E-state index in [1.807, 2.05) is 25.1 Å². The van der Waals surface area contributed by atoms with E-state index in [9.17, 15) is 9.59 Å². The van der Waals surface area contributed by atoms with E-state index in [4.69, 9.17) is 4.74 Å². The highest BCUT2D eigenvalue weighted by Crippen LogP contribution is 2.27. The molecule has 27 heavy (non-hydrogen) atoms. The van der Waals surface area contributed by atoms with Gasteiger partial charge in [-0.2, -0.15) is 0 Å². The summed E-state index contributed by atoms with van der Waals surface area (Å²) in [6, 6.07) is 9.74. The van der Waals surface area contributed by atoms with E-state index in [2.05, 4.69) is 22.1 Å². The Labute approximate surface area is 156 Å². The van der Waals surface area contributed by atoms with Crippen LogP contribution in [0.4, 0.5) is 4.79 Å². The fraction of sp³-hybridized carbons (Fsp3) is 0.368. The summed E-state index contributed by atoms with van der Waals surface area (Å²) in [6.07, 6.45) is 1.52. The summed E-state index contributed by atoms with van der Waals surface area (Å²) >= 11 is 0. The van der Waals surface area contributed by atoms with Gasteiger partial charge in [-0.25, -0.2) is 24.1 Å². The van der Waals surface area contributed by atoms with Gasteiger partial charge in [0.15, 0.2) is 11.5 Å². The summed E-state index contributed by atoms with van der Waals surface area (Å²) in [5.74, 6) is 0.785. The van der Waals surface area contributed by atoms with Crippen LogP contribution in [0.15, 0.2) is 41.3 Å². The molecule has 3 heterocycles. The number of imidazole rings is 1. The zero-order valence-corrected chi connectivity index (χ0v) is 15.3. The number of hydrogen-bond acceptors (Lipinski definition) is 5. The van der Waals surface area contributed by atoms with E-state index >= 15 is 0 Å². The smallest absolute Gasteiger partial charge is 0.338 e. The zero-order valence-electron chi connectivity index (χ0n) is 15.3. The summed E-state index contributed by atoms with van der Waals surface area (Å²) in [5.41, 5.74) is 1.63. The van der Waals surface area contributed by atoms with Crippen molar-refractivity contribution in [2.75, 3.05) is 19.7 Å². The van der Waals surface area contributed by atoms with E-state index < -0.39 is 5.69 Å². The molecule has 4 rings (SSSR count). The van der Waals surface area contributed by atoms with Crippen LogP contribution < -0.4 is 5.69 Å². The molecule has 0 N–H and O–H groups in total. The summed E-state index contributed by atoms with van der Waals surface area (Å²) < 4.78 is 7.84. The normalized spacial score (nSPS) is 14.5. The van der Waals surface area contributed by atoms with Gasteiger partial charge in [-0.05, 0) is 12.5 Å². The topological polar surface area (TPSA) is 82.2 Å². The number of aromatic nitrogens is 4. The number of aryl methyl sites for hydroxylation is 1. The zero-order chi connectivity index (χ0) is 19.0. The molecule has 0 atom stereocenters. The van der Waals surface area contributed by atoms with Gasteiger partial charge in [-0.15, -0.1) is 0 Å². The Hall–Kier alpha value is -3.00. The maximum atomic E-state index is 12.9. The van der Waals surface area contributed by atoms with E-state index in [1.165, 1.54) is 16.3 Å². The minimum Gasteiger partial charge on any atom is -0.374 e. The van der Waals surface area contributed by atoms with E-state index in [0.29, 0.717) is 42.6 Å². The van der Waals surface area contributed by atoms with Crippen molar-refractivity contribution in [3.8, 4) is 0 Å². The SMILES string of the molecule is CCOCc1ncc2c(n1)n(C)c(=O)n2C(=O)N1CC(c2ccccc2)C1. The molecule has 3 aromatic rings. The number of fused-ring (bicyclic) bond motifs is 1. The Morgan fingerprint density at radius 1 is 1.26 bits per heavy atom. The number of carbonyl (C=O) groups is 1. The molecular formula is C19H21N5O3. The van der Waals surface area contributed by atoms with Crippen molar-refractivity contribution in [1.29, 1.82) is 0 Å². The van der Waals surface area contributed by atoms with Crippen molar-refractivity contribution >= 4 is 17.2 Å². The molecule has 1 aliphatic heterocycles. The summed E-state index contributed by atoms with van der Waals surface area (Å²) in [5, 5.41) is 0. The first kappa shape index (κ1) is 17.4. The van der Waals surface area contributed by atoms with Crippen molar-refractivity contribution in [2.45, 2.75) is 19.4 Å². The van der Waals surface area contributed by atoms with Gasteiger partial charge in [0.25, 0.3) is 0 Å². The van der Waals surface area contributed by atoms with Crippen LogP contribution in [-0.4, -0.2) is 49.7 Å². The maximum Gasteiger partial charge on any atom is 0.338 e. The van der Waals surface area contributed by atoms with Crippen molar-refractivity contribution in [2.24, 2.45) is 7.05 Å². The molecule has 0 bridgehead atoms. The maximum absolute atomic E-state index is 12.9. The standard InChI is InChI=1S/C19H21N5O3/c1-3-27-12-16-20-9-15-17(21-16)22(2)18(25)24(15)19(26)23-10-14(11-23)13-7-5-4-6-8-13/h4-9,14H,3,10-12H2,1-2H3. The first-order valence-electron chi connectivity index (χ1n) is 8.95. The molecule has 1 saturated heterocycles. The number of nitrogens with zero attached hydrogens (tertiary/aromatic N) is 5. The Kier molecular flexibility index (Phi) is 4.49. The second-order valence-electron chi connectivity index (χ2n) is 6.60. The first-order chi connectivity index (χ1) is 13.1. The Morgan fingerprint density at radius 3 is 2.70 bits per heavy atom. The molecule has 0 unspecified atom stereocenters. The van der Waals surface area contributed by atoms with Crippen molar-refractivity contribution in [3.63, 3.8) is 0 Å². The third kappa shape index (κ3) is 3.02. The minimum absolute atomic E-state index is 0.268. The second kappa shape index (κ2) is 6.96. The summed E-state index contributed by atoms with van der Waals surface area (Å²) in [6.45, 7) is 3.89. The number of carbonyl (C=O) groups excluding carboxylic acids is 1. The van der Waals surface area contributed by atoms with Crippen molar-refractivity contribution in [3.05, 3.63) is 58.4 Å². The molecule has 8 heteroatoms. The predicted octanol–water partition coefficient (Wildman–Crippen LogP) is 1.73. The molecule has 0 radical (unpaired) electrons. The van der Waals surface area contributed by atoms with Gasteiger partial charge in [0, 0.05) is 32.7 Å². The van der Waals surface area contributed by atoms with Gasteiger partial charge in [0.1, 0.15) is 12.1 Å². The number of rotatable bonds is 4. The predicted molar refractivity (Wildman–Crippen MR) is 99.6 cm³/mol. The van der Waals surface area contributed by atoms with Crippen molar-refractivity contribution in [1.82, 2.24) is 24.0 Å². The molecule has 1 aliphatic rings. The van der Waals surface area contributed by atoms with Crippen LogP contribution in [0.2, 0.25) is 0 Å². The summed E-state index contributed by atoms with van der Waals surface area (Å²) in [7, 11) is 1.61. The van der Waals surface area contributed by atoms with Crippen LogP contribution >= 0.6 is 0 Å². The molecule has 1 aromatic carbocycles. The fourth-order valence-corrected chi connectivity index (χ4v) is 3.31. The molecule has 1 amide bonds. The lowest BCUT2D eigenvalue weighted by atomic mass is 9.92. The lowest BCUT2D eigenvalue weighted by molar-refractivity contribution is 0.128. The summed E-state index contributed by atoms with van der Waals surface area (Å²) in [4.78, 5) is 35.8. The van der Waals surface area contributed by atoms with Crippen LogP contribution in [0.25, 0.3) is 11.2 Å². The quantitative estimate of drug-likeness (QED) is 0.701. The molecule has 0 saturated carbocycles. The molecular weight excluding hydrogens is 346 g/mol. The molecule has 140 valence electrons. The Balaban J connectivity index is 1.59. The highest BCUT2D eigenvalue weighted by atomic mass is 16.5. The van der Waals surface area contributed by atoms with Crippen LogP contribution in [-0.2, 0) is 18.4 Å². The molecule has 0 spiro atoms. The van der Waals surface area contributed by atoms with E-state index in [-0.39, 0.29) is 12.6 Å². The van der Waals surface area contributed by atoms with Gasteiger partial charge < -0.3 is 9.64 Å². The van der Waals surface area contributed by atoms with Gasteiger partial charge in [-0.1, -0.05) is 30.3 Å². The van der Waals surface area contributed by atoms with Crippen molar-refractivity contribution < 1.29 is 9.53 Å². The number of likely N-dealkylation sites (tertiary alicyclic amines) is 1. The van der Waals surface area contributed by atoms with Gasteiger partial charge in [-0.3, -0.25) is 4.57 Å². The molecule has 1 fully saturated rings. The van der Waals surface area contributed by atoms with Gasteiger partial charge in [0.05, 0.1) is 6.20 Å². The lowest BCUT2D eigenvalue weighted by Gasteiger charge is -2.39. The second-order valence-corrected chi connectivity index (χ2v) is 6.60. The number of ether oxygens (including phenoxy) is 1. The fourth-order valence-electron chi connectivity index (χ4n) is 3.31. The largest absolute Gasteiger partial charge is 0.374 e. The van der Waals surface area contributed by atoms with Crippen LogP contribution in [0.1, 0.15) is 24.2 Å². The highest BCUT2D eigenvalue weighted by molar-refractivity contribution is 5.88. The first-order valence-corrected chi connectivity index (χ1v) is 8.95. The Bertz CT molecular complexity index is 1030. The number of amides is 1. The Morgan fingerprint density at radius 2 is 2.00 bits per heavy atom. The number of benzene rings is 1. The monoisotopic (exact) mass is 367 g/mol. The van der Waals surface area contributed by atoms with Crippen LogP contribution in [0, 0.1) is 0 Å². The average Bonchev–Trinajstić information content (AvgIpc) is 2.90. The molecule has 8 nitrogen and oxygen atoms in total. The van der Waals surface area contributed by atoms with E-state index in [1.54, 1.807) is 11.9 Å². The lowest BCUT2D eigenvalue weighted by Crippen LogP contribution is -2.51. The highest BCUT2D eigenvalue weighted by Gasteiger charge is 2.34. The van der Waals surface area contributed by atoms with Crippen LogP contribution in [0.5, 0.6) is 0 Å². The third-order valence-electron chi connectivity index (χ3n) is 4.89. The minimum atomic E-state index is -0.416. The number of hydrogen-bond donors (Lipinski definition) is 0. The van der Waals surface area contributed by atoms with Gasteiger partial charge in [0.2, 0.25) is 0 Å². The third-order valence-corrected chi connectivity index (χ3v) is 4.89.